The normalized spacial score (nSPS) is 14.3. The Kier molecular flexibility index (Phi) is 5.35. The van der Waals surface area contributed by atoms with Crippen LogP contribution in [0.15, 0.2) is 30.5 Å². The van der Waals surface area contributed by atoms with Gasteiger partial charge in [0.25, 0.3) is 5.91 Å². The molecule has 1 aromatic carbocycles. The maximum Gasteiger partial charge on any atom is 0.274 e. The molecule has 0 unspecified atom stereocenters. The number of benzene rings is 1. The zero-order valence-corrected chi connectivity index (χ0v) is 14.7. The van der Waals surface area contributed by atoms with Crippen molar-refractivity contribution in [1.82, 2.24) is 14.9 Å². The van der Waals surface area contributed by atoms with Crippen molar-refractivity contribution < 1.29 is 9.59 Å². The molecule has 130 valence electrons. The number of nitrogens with one attached hydrogen (secondary N) is 1. The third kappa shape index (κ3) is 4.00. The average molecular weight is 380 g/mol. The van der Waals surface area contributed by atoms with Crippen LogP contribution in [0.25, 0.3) is 0 Å². The van der Waals surface area contributed by atoms with E-state index in [2.05, 4.69) is 15.3 Å². The zero-order chi connectivity index (χ0) is 17.8. The van der Waals surface area contributed by atoms with Crippen molar-refractivity contribution >= 4 is 47.2 Å². The number of rotatable bonds is 4. The van der Waals surface area contributed by atoms with Crippen molar-refractivity contribution in [3.63, 3.8) is 0 Å². The van der Waals surface area contributed by atoms with E-state index >= 15 is 0 Å². The Morgan fingerprint density at radius 3 is 2.64 bits per heavy atom. The summed E-state index contributed by atoms with van der Waals surface area (Å²) >= 11 is 12.0. The first-order valence-corrected chi connectivity index (χ1v) is 8.37. The van der Waals surface area contributed by atoms with Crippen molar-refractivity contribution in [1.29, 1.82) is 0 Å². The van der Waals surface area contributed by atoms with Crippen LogP contribution >= 0.6 is 23.2 Å². The number of hydrogen-bond acceptors (Lipinski definition) is 5. The summed E-state index contributed by atoms with van der Waals surface area (Å²) in [5, 5.41) is 3.33. The van der Waals surface area contributed by atoms with Crippen molar-refractivity contribution in [2.45, 2.75) is 0 Å². The van der Waals surface area contributed by atoms with Gasteiger partial charge in [-0.1, -0.05) is 29.3 Å². The molecule has 1 fully saturated rings. The Hall–Kier alpha value is -2.38. The van der Waals surface area contributed by atoms with E-state index in [0.717, 1.165) is 6.41 Å². The van der Waals surface area contributed by atoms with Crippen molar-refractivity contribution in [3.05, 3.63) is 46.2 Å². The first kappa shape index (κ1) is 17.4. The Bertz CT molecular complexity index is 794. The number of carbonyl (C=O) groups is 2. The second kappa shape index (κ2) is 7.67. The van der Waals surface area contributed by atoms with Gasteiger partial charge in [0.1, 0.15) is 5.69 Å². The molecule has 2 heterocycles. The fourth-order valence-electron chi connectivity index (χ4n) is 2.44. The monoisotopic (exact) mass is 379 g/mol. The molecule has 0 saturated carbocycles. The standard InChI is InChI=1S/C16H15Cl2N5O2/c17-11-2-1-3-12(14(11)18)20-15(25)13-4-5-19-16(21-13)23-8-6-22(10-24)7-9-23/h1-5,10H,6-9H2,(H,20,25). The Labute approximate surface area is 154 Å². The molecular weight excluding hydrogens is 365 g/mol. The number of anilines is 2. The molecule has 9 heteroatoms. The van der Waals surface area contributed by atoms with Crippen LogP contribution in [0.4, 0.5) is 11.6 Å². The van der Waals surface area contributed by atoms with Gasteiger partial charge in [-0.05, 0) is 18.2 Å². The maximum absolute atomic E-state index is 12.4. The van der Waals surface area contributed by atoms with Gasteiger partial charge in [-0.3, -0.25) is 9.59 Å². The highest BCUT2D eigenvalue weighted by atomic mass is 35.5. The summed E-state index contributed by atoms with van der Waals surface area (Å²) in [6.07, 6.45) is 2.36. The second-order valence-electron chi connectivity index (χ2n) is 5.43. The molecular formula is C16H15Cl2N5O2. The lowest BCUT2D eigenvalue weighted by atomic mass is 10.3. The summed E-state index contributed by atoms with van der Waals surface area (Å²) in [6, 6.07) is 6.52. The third-order valence-electron chi connectivity index (χ3n) is 3.82. The minimum absolute atomic E-state index is 0.221. The van der Waals surface area contributed by atoms with Crippen LogP contribution in [-0.2, 0) is 4.79 Å². The van der Waals surface area contributed by atoms with E-state index in [1.165, 1.54) is 12.3 Å². The van der Waals surface area contributed by atoms with Gasteiger partial charge in [-0.2, -0.15) is 0 Å². The summed E-state index contributed by atoms with van der Waals surface area (Å²) < 4.78 is 0. The minimum atomic E-state index is -0.403. The topological polar surface area (TPSA) is 78.4 Å². The molecule has 0 atom stereocenters. The lowest BCUT2D eigenvalue weighted by Crippen LogP contribution is -2.46. The fraction of sp³-hybridized carbons (Fsp3) is 0.250. The molecule has 0 spiro atoms. The van der Waals surface area contributed by atoms with E-state index in [0.29, 0.717) is 42.8 Å². The Morgan fingerprint density at radius 2 is 1.92 bits per heavy atom. The number of halogens is 2. The highest BCUT2D eigenvalue weighted by Gasteiger charge is 2.19. The smallest absolute Gasteiger partial charge is 0.274 e. The van der Waals surface area contributed by atoms with Crippen LogP contribution < -0.4 is 10.2 Å². The van der Waals surface area contributed by atoms with E-state index in [4.69, 9.17) is 23.2 Å². The predicted octanol–water partition coefficient (Wildman–Crippen LogP) is 2.31. The summed E-state index contributed by atoms with van der Waals surface area (Å²) in [7, 11) is 0. The van der Waals surface area contributed by atoms with E-state index in [1.807, 2.05) is 4.90 Å². The minimum Gasteiger partial charge on any atom is -0.342 e. The molecule has 1 aliphatic heterocycles. The lowest BCUT2D eigenvalue weighted by Gasteiger charge is -2.32. The molecule has 2 amide bonds. The van der Waals surface area contributed by atoms with E-state index in [1.54, 1.807) is 23.1 Å². The fourth-order valence-corrected chi connectivity index (χ4v) is 2.79. The summed E-state index contributed by atoms with van der Waals surface area (Å²) in [6.45, 7) is 2.43. The number of amides is 2. The molecule has 1 aliphatic rings. The van der Waals surface area contributed by atoms with Crippen LogP contribution in [0.5, 0.6) is 0 Å². The summed E-state index contributed by atoms with van der Waals surface area (Å²) in [4.78, 5) is 35.4. The lowest BCUT2D eigenvalue weighted by molar-refractivity contribution is -0.118. The van der Waals surface area contributed by atoms with Gasteiger partial charge in [0, 0.05) is 32.4 Å². The van der Waals surface area contributed by atoms with Crippen LogP contribution in [-0.4, -0.2) is 53.4 Å². The average Bonchev–Trinajstić information content (AvgIpc) is 2.65. The number of aromatic nitrogens is 2. The highest BCUT2D eigenvalue weighted by molar-refractivity contribution is 6.44. The molecule has 1 aromatic heterocycles. The van der Waals surface area contributed by atoms with E-state index < -0.39 is 5.91 Å². The van der Waals surface area contributed by atoms with Crippen molar-refractivity contribution in [2.24, 2.45) is 0 Å². The van der Waals surface area contributed by atoms with Gasteiger partial charge in [0.15, 0.2) is 0 Å². The number of nitrogens with zero attached hydrogens (tertiary/aromatic N) is 4. The molecule has 2 aromatic rings. The molecule has 25 heavy (non-hydrogen) atoms. The number of piperazine rings is 1. The molecule has 0 bridgehead atoms. The van der Waals surface area contributed by atoms with Crippen molar-refractivity contribution in [3.8, 4) is 0 Å². The number of hydrogen-bond donors (Lipinski definition) is 1. The van der Waals surface area contributed by atoms with E-state index in [-0.39, 0.29) is 10.7 Å². The molecule has 3 rings (SSSR count). The van der Waals surface area contributed by atoms with Gasteiger partial charge in [-0.15, -0.1) is 0 Å². The largest absolute Gasteiger partial charge is 0.342 e. The summed E-state index contributed by atoms with van der Waals surface area (Å²) in [5.41, 5.74) is 0.637. The number of carbonyl (C=O) groups excluding carboxylic acids is 2. The van der Waals surface area contributed by atoms with Crippen LogP contribution in [0.1, 0.15) is 10.5 Å². The van der Waals surface area contributed by atoms with E-state index in [9.17, 15) is 9.59 Å². The summed E-state index contributed by atoms with van der Waals surface area (Å²) in [5.74, 6) is 0.0507. The van der Waals surface area contributed by atoms with Gasteiger partial charge in [0.2, 0.25) is 12.4 Å². The quantitative estimate of drug-likeness (QED) is 0.824. The predicted molar refractivity (Wildman–Crippen MR) is 96.3 cm³/mol. The van der Waals surface area contributed by atoms with Crippen LogP contribution in [0.2, 0.25) is 10.0 Å². The third-order valence-corrected chi connectivity index (χ3v) is 4.64. The Balaban J connectivity index is 1.74. The van der Waals surface area contributed by atoms with Gasteiger partial charge < -0.3 is 15.1 Å². The Morgan fingerprint density at radius 1 is 1.16 bits per heavy atom. The van der Waals surface area contributed by atoms with Gasteiger partial charge in [-0.25, -0.2) is 9.97 Å². The van der Waals surface area contributed by atoms with Crippen LogP contribution in [0.3, 0.4) is 0 Å². The molecule has 7 nitrogen and oxygen atoms in total. The molecule has 0 aliphatic carbocycles. The molecule has 1 N–H and O–H groups in total. The molecule has 1 saturated heterocycles. The van der Waals surface area contributed by atoms with Crippen LogP contribution in [0, 0.1) is 0 Å². The molecule has 0 radical (unpaired) electrons. The highest BCUT2D eigenvalue weighted by Crippen LogP contribution is 2.29. The maximum atomic E-state index is 12.4. The second-order valence-corrected chi connectivity index (χ2v) is 6.21. The first-order chi connectivity index (χ1) is 12.1. The zero-order valence-electron chi connectivity index (χ0n) is 13.2. The van der Waals surface area contributed by atoms with Gasteiger partial charge in [0.05, 0.1) is 15.7 Å². The SMILES string of the molecule is O=CN1CCN(c2nccc(C(=O)Nc3cccc(Cl)c3Cl)n2)CC1. The first-order valence-electron chi connectivity index (χ1n) is 7.61. The van der Waals surface area contributed by atoms with Crippen molar-refractivity contribution in [2.75, 3.05) is 36.4 Å². The van der Waals surface area contributed by atoms with Gasteiger partial charge >= 0.3 is 0 Å².